The van der Waals surface area contributed by atoms with Crippen molar-refractivity contribution in [3.63, 3.8) is 0 Å². The van der Waals surface area contributed by atoms with Crippen LogP contribution in [0.2, 0.25) is 5.02 Å². The number of esters is 1. The fraction of sp³-hybridized carbons (Fsp3) is 0.154. The maximum absolute atomic E-state index is 12.3. The van der Waals surface area contributed by atoms with Crippen molar-refractivity contribution in [2.45, 2.75) is 19.8 Å². The van der Waals surface area contributed by atoms with Crippen molar-refractivity contribution in [3.8, 4) is 11.5 Å². The van der Waals surface area contributed by atoms with Gasteiger partial charge in [0.15, 0.2) is 5.78 Å². The summed E-state index contributed by atoms with van der Waals surface area (Å²) < 4.78 is 11.0. The Labute approximate surface area is 187 Å². The normalized spacial score (nSPS) is 10.8. The summed E-state index contributed by atoms with van der Waals surface area (Å²) in [6, 6.07) is 20.5. The van der Waals surface area contributed by atoms with Crippen LogP contribution >= 0.6 is 11.6 Å². The van der Waals surface area contributed by atoms with E-state index in [0.717, 1.165) is 24.2 Å². The van der Waals surface area contributed by atoms with Crippen molar-refractivity contribution in [3.05, 3.63) is 101 Å². The number of ether oxygens (including phenoxy) is 2. The van der Waals surface area contributed by atoms with Gasteiger partial charge in [-0.2, -0.15) is 0 Å². The average Bonchev–Trinajstić information content (AvgIpc) is 2.79. The van der Waals surface area contributed by atoms with E-state index in [1.165, 1.54) is 6.08 Å². The molecule has 158 valence electrons. The molecule has 0 aliphatic heterocycles. The highest BCUT2D eigenvalue weighted by Gasteiger charge is 2.10. The minimum Gasteiger partial charge on any atom is -0.494 e. The maximum Gasteiger partial charge on any atom is 0.343 e. The SMILES string of the molecule is CCCCOc1ccc(C(=O)Oc2ccc(C(=O)/C=C/c3ccc(Cl)cc3)cc2)cc1. The third-order valence-corrected chi connectivity index (χ3v) is 4.76. The van der Waals surface area contributed by atoms with Gasteiger partial charge in [0, 0.05) is 10.6 Å². The number of carbonyl (C=O) groups excluding carboxylic acids is 2. The summed E-state index contributed by atoms with van der Waals surface area (Å²) in [7, 11) is 0. The average molecular weight is 435 g/mol. The Morgan fingerprint density at radius 3 is 2.10 bits per heavy atom. The number of halogens is 1. The van der Waals surface area contributed by atoms with Gasteiger partial charge in [-0.1, -0.05) is 43.2 Å². The third kappa shape index (κ3) is 6.83. The van der Waals surface area contributed by atoms with E-state index in [1.54, 1.807) is 66.7 Å². The van der Waals surface area contributed by atoms with Gasteiger partial charge >= 0.3 is 5.97 Å². The van der Waals surface area contributed by atoms with Crippen LogP contribution in [0.15, 0.2) is 78.9 Å². The number of ketones is 1. The summed E-state index contributed by atoms with van der Waals surface area (Å²) in [6.07, 6.45) is 5.27. The molecule has 0 bridgehead atoms. The van der Waals surface area contributed by atoms with Crippen LogP contribution in [0.1, 0.15) is 46.0 Å². The van der Waals surface area contributed by atoms with Crippen LogP contribution in [0, 0.1) is 0 Å². The molecule has 5 heteroatoms. The molecular weight excluding hydrogens is 412 g/mol. The van der Waals surface area contributed by atoms with Gasteiger partial charge in [0.05, 0.1) is 12.2 Å². The molecule has 0 atom stereocenters. The molecule has 0 saturated carbocycles. The molecular formula is C26H23ClO4. The summed E-state index contributed by atoms with van der Waals surface area (Å²) in [5.41, 5.74) is 1.80. The van der Waals surface area contributed by atoms with E-state index >= 15 is 0 Å². The summed E-state index contributed by atoms with van der Waals surface area (Å²) >= 11 is 5.86. The lowest BCUT2D eigenvalue weighted by atomic mass is 10.1. The first-order valence-electron chi connectivity index (χ1n) is 10.1. The molecule has 0 radical (unpaired) electrons. The molecule has 31 heavy (non-hydrogen) atoms. The van der Waals surface area contributed by atoms with Crippen LogP contribution in [-0.2, 0) is 0 Å². The van der Waals surface area contributed by atoms with Crippen LogP contribution in [0.4, 0.5) is 0 Å². The van der Waals surface area contributed by atoms with Gasteiger partial charge in [-0.25, -0.2) is 4.79 Å². The summed E-state index contributed by atoms with van der Waals surface area (Å²) in [5.74, 6) is 0.472. The summed E-state index contributed by atoms with van der Waals surface area (Å²) in [6.45, 7) is 2.75. The Kier molecular flexibility index (Phi) is 8.02. The molecule has 3 aromatic rings. The summed E-state index contributed by atoms with van der Waals surface area (Å²) in [4.78, 5) is 24.7. The van der Waals surface area contributed by atoms with Crippen LogP contribution in [0.5, 0.6) is 11.5 Å². The molecule has 0 unspecified atom stereocenters. The number of hydrogen-bond acceptors (Lipinski definition) is 4. The molecule has 0 aliphatic carbocycles. The van der Waals surface area contributed by atoms with E-state index in [0.29, 0.717) is 28.5 Å². The number of hydrogen-bond donors (Lipinski definition) is 0. The molecule has 4 nitrogen and oxygen atoms in total. The topological polar surface area (TPSA) is 52.6 Å². The van der Waals surface area contributed by atoms with Crippen molar-refractivity contribution < 1.29 is 19.1 Å². The van der Waals surface area contributed by atoms with Gasteiger partial charge in [0.2, 0.25) is 0 Å². The number of benzene rings is 3. The Balaban J connectivity index is 1.56. The van der Waals surface area contributed by atoms with Gasteiger partial charge in [-0.05, 0) is 78.7 Å². The van der Waals surface area contributed by atoms with Crippen molar-refractivity contribution in [1.29, 1.82) is 0 Å². The highest BCUT2D eigenvalue weighted by molar-refractivity contribution is 6.30. The van der Waals surface area contributed by atoms with Gasteiger partial charge in [0.25, 0.3) is 0 Å². The van der Waals surface area contributed by atoms with Crippen LogP contribution in [0.25, 0.3) is 6.08 Å². The number of allylic oxidation sites excluding steroid dienone is 1. The number of carbonyl (C=O) groups is 2. The van der Waals surface area contributed by atoms with E-state index < -0.39 is 5.97 Å². The largest absolute Gasteiger partial charge is 0.494 e. The smallest absolute Gasteiger partial charge is 0.343 e. The Morgan fingerprint density at radius 1 is 0.839 bits per heavy atom. The molecule has 0 amide bonds. The third-order valence-electron chi connectivity index (χ3n) is 4.50. The highest BCUT2D eigenvalue weighted by atomic mass is 35.5. The molecule has 0 aromatic heterocycles. The predicted octanol–water partition coefficient (Wildman–Crippen LogP) is 6.63. The van der Waals surface area contributed by atoms with Gasteiger partial charge in [-0.3, -0.25) is 4.79 Å². The molecule has 0 aliphatic rings. The monoisotopic (exact) mass is 434 g/mol. The zero-order valence-corrected chi connectivity index (χ0v) is 18.0. The lowest BCUT2D eigenvalue weighted by molar-refractivity contribution is 0.0734. The highest BCUT2D eigenvalue weighted by Crippen LogP contribution is 2.18. The fourth-order valence-electron chi connectivity index (χ4n) is 2.72. The number of unbranched alkanes of at least 4 members (excludes halogenated alkanes) is 1. The second kappa shape index (κ2) is 11.1. The Morgan fingerprint density at radius 2 is 1.45 bits per heavy atom. The van der Waals surface area contributed by atoms with E-state index in [9.17, 15) is 9.59 Å². The van der Waals surface area contributed by atoms with Crippen LogP contribution < -0.4 is 9.47 Å². The van der Waals surface area contributed by atoms with Crippen LogP contribution in [0.3, 0.4) is 0 Å². The zero-order chi connectivity index (χ0) is 22.1. The first-order chi connectivity index (χ1) is 15.0. The Bertz CT molecular complexity index is 1040. The molecule has 3 rings (SSSR count). The Hall–Kier alpha value is -3.37. The standard InChI is InChI=1S/C26H23ClO4/c1-2-3-18-30-23-13-9-21(10-14-23)26(29)31-24-15-7-20(8-16-24)25(28)17-6-19-4-11-22(27)12-5-19/h4-17H,2-3,18H2,1H3/b17-6+. The molecule has 0 heterocycles. The van der Waals surface area contributed by atoms with Crippen LogP contribution in [-0.4, -0.2) is 18.4 Å². The van der Waals surface area contributed by atoms with E-state index in [1.807, 2.05) is 12.1 Å². The molecule has 3 aromatic carbocycles. The van der Waals surface area contributed by atoms with Gasteiger partial charge in [-0.15, -0.1) is 0 Å². The zero-order valence-electron chi connectivity index (χ0n) is 17.2. The molecule has 0 N–H and O–H groups in total. The lowest BCUT2D eigenvalue weighted by Gasteiger charge is -2.07. The minimum absolute atomic E-state index is 0.147. The lowest BCUT2D eigenvalue weighted by Crippen LogP contribution is -2.08. The first-order valence-corrected chi connectivity index (χ1v) is 10.5. The minimum atomic E-state index is -0.471. The van der Waals surface area contributed by atoms with Crippen molar-refractivity contribution >= 4 is 29.4 Å². The van der Waals surface area contributed by atoms with E-state index in [4.69, 9.17) is 21.1 Å². The fourth-order valence-corrected chi connectivity index (χ4v) is 2.84. The molecule has 0 spiro atoms. The van der Waals surface area contributed by atoms with Crippen molar-refractivity contribution in [1.82, 2.24) is 0 Å². The van der Waals surface area contributed by atoms with Crippen molar-refractivity contribution in [2.24, 2.45) is 0 Å². The second-order valence-corrected chi connectivity index (χ2v) is 7.33. The van der Waals surface area contributed by atoms with E-state index in [-0.39, 0.29) is 5.78 Å². The number of rotatable bonds is 9. The van der Waals surface area contributed by atoms with Crippen molar-refractivity contribution in [2.75, 3.05) is 6.61 Å². The molecule has 0 fully saturated rings. The second-order valence-electron chi connectivity index (χ2n) is 6.89. The van der Waals surface area contributed by atoms with E-state index in [2.05, 4.69) is 6.92 Å². The quantitative estimate of drug-likeness (QED) is 0.125. The first kappa shape index (κ1) is 22.3. The predicted molar refractivity (Wildman–Crippen MR) is 123 cm³/mol. The van der Waals surface area contributed by atoms with Gasteiger partial charge in [0.1, 0.15) is 11.5 Å². The molecule has 0 saturated heterocycles. The maximum atomic E-state index is 12.3. The summed E-state index contributed by atoms with van der Waals surface area (Å²) in [5, 5.41) is 0.643. The van der Waals surface area contributed by atoms with Gasteiger partial charge < -0.3 is 9.47 Å².